The van der Waals surface area contributed by atoms with Crippen molar-refractivity contribution >= 4 is 37.5 Å². The number of anilines is 1. The standard InChI is InChI=1S/C14H11Br2N5/c15-10-6-4-9(5-7-10)8-21-14(18-19-20-21)11-2-1-3-12(17)13(11)16/h1-7H,8,17H2. The Kier molecular flexibility index (Phi) is 4.03. The second-order valence-corrected chi connectivity index (χ2v) is 6.20. The minimum absolute atomic E-state index is 0.594. The average Bonchev–Trinajstić information content (AvgIpc) is 2.92. The van der Waals surface area contributed by atoms with E-state index in [9.17, 15) is 0 Å². The van der Waals surface area contributed by atoms with Crippen LogP contribution in [0.4, 0.5) is 5.69 Å². The summed E-state index contributed by atoms with van der Waals surface area (Å²) in [5.74, 6) is 0.678. The molecule has 2 aromatic carbocycles. The Bertz CT molecular complexity index is 767. The van der Waals surface area contributed by atoms with E-state index in [2.05, 4.69) is 47.4 Å². The number of nitrogen functional groups attached to an aromatic ring is 1. The van der Waals surface area contributed by atoms with E-state index in [0.717, 1.165) is 20.1 Å². The van der Waals surface area contributed by atoms with Crippen LogP contribution in [0, 0.1) is 0 Å². The number of nitrogens with zero attached hydrogens (tertiary/aromatic N) is 4. The Morgan fingerprint density at radius 2 is 1.81 bits per heavy atom. The summed E-state index contributed by atoms with van der Waals surface area (Å²) in [5, 5.41) is 11.9. The van der Waals surface area contributed by atoms with Crippen molar-refractivity contribution in [1.82, 2.24) is 20.2 Å². The monoisotopic (exact) mass is 407 g/mol. The molecule has 3 aromatic rings. The minimum Gasteiger partial charge on any atom is -0.398 e. The quantitative estimate of drug-likeness (QED) is 0.673. The molecule has 106 valence electrons. The molecule has 0 atom stereocenters. The maximum atomic E-state index is 5.92. The highest BCUT2D eigenvalue weighted by atomic mass is 79.9. The van der Waals surface area contributed by atoms with Crippen molar-refractivity contribution in [2.75, 3.05) is 5.73 Å². The van der Waals surface area contributed by atoms with Crippen LogP contribution >= 0.6 is 31.9 Å². The number of tetrazole rings is 1. The van der Waals surface area contributed by atoms with Gasteiger partial charge in [-0.2, -0.15) is 0 Å². The van der Waals surface area contributed by atoms with Crippen molar-refractivity contribution in [3.63, 3.8) is 0 Å². The Morgan fingerprint density at radius 3 is 2.57 bits per heavy atom. The number of benzene rings is 2. The van der Waals surface area contributed by atoms with Gasteiger partial charge in [-0.1, -0.05) is 34.1 Å². The van der Waals surface area contributed by atoms with Crippen molar-refractivity contribution in [2.45, 2.75) is 6.54 Å². The van der Waals surface area contributed by atoms with E-state index in [4.69, 9.17) is 5.73 Å². The molecule has 0 amide bonds. The summed E-state index contributed by atoms with van der Waals surface area (Å²) in [7, 11) is 0. The van der Waals surface area contributed by atoms with Gasteiger partial charge in [-0.25, -0.2) is 4.68 Å². The summed E-state index contributed by atoms with van der Waals surface area (Å²) in [6.45, 7) is 0.594. The number of nitrogens with two attached hydrogens (primary N) is 1. The Morgan fingerprint density at radius 1 is 1.05 bits per heavy atom. The van der Waals surface area contributed by atoms with Gasteiger partial charge in [-0.3, -0.25) is 0 Å². The molecule has 1 aromatic heterocycles. The van der Waals surface area contributed by atoms with E-state index in [1.165, 1.54) is 0 Å². The molecule has 0 radical (unpaired) electrons. The third kappa shape index (κ3) is 2.98. The molecular weight excluding hydrogens is 398 g/mol. The molecule has 0 bridgehead atoms. The first-order valence-electron chi connectivity index (χ1n) is 6.20. The van der Waals surface area contributed by atoms with Gasteiger partial charge in [0.25, 0.3) is 0 Å². The third-order valence-electron chi connectivity index (χ3n) is 3.05. The third-order valence-corrected chi connectivity index (χ3v) is 4.46. The summed E-state index contributed by atoms with van der Waals surface area (Å²) in [5.41, 5.74) is 8.56. The molecule has 0 fully saturated rings. The lowest BCUT2D eigenvalue weighted by atomic mass is 10.2. The van der Waals surface area contributed by atoms with E-state index < -0.39 is 0 Å². The Hall–Kier alpha value is -1.73. The summed E-state index contributed by atoms with van der Waals surface area (Å²) in [4.78, 5) is 0. The first-order valence-corrected chi connectivity index (χ1v) is 7.79. The molecule has 0 aliphatic rings. The molecule has 3 rings (SSSR count). The van der Waals surface area contributed by atoms with Crippen LogP contribution in [0.5, 0.6) is 0 Å². The van der Waals surface area contributed by atoms with Crippen molar-refractivity contribution in [2.24, 2.45) is 0 Å². The predicted octanol–water partition coefficient (Wildman–Crippen LogP) is 3.50. The van der Waals surface area contributed by atoms with Crippen LogP contribution in [0.25, 0.3) is 11.4 Å². The van der Waals surface area contributed by atoms with E-state index in [0.29, 0.717) is 18.1 Å². The van der Waals surface area contributed by atoms with Crippen molar-refractivity contribution in [3.8, 4) is 11.4 Å². The van der Waals surface area contributed by atoms with Gasteiger partial charge in [0.05, 0.1) is 11.0 Å². The van der Waals surface area contributed by atoms with Crippen LogP contribution in [0.3, 0.4) is 0 Å². The van der Waals surface area contributed by atoms with Gasteiger partial charge >= 0.3 is 0 Å². The molecule has 7 heteroatoms. The Labute approximate surface area is 138 Å². The highest BCUT2D eigenvalue weighted by molar-refractivity contribution is 9.11. The summed E-state index contributed by atoms with van der Waals surface area (Å²) in [6.07, 6.45) is 0. The SMILES string of the molecule is Nc1cccc(-c2nnnn2Cc2ccc(Br)cc2)c1Br. The zero-order chi connectivity index (χ0) is 14.8. The maximum absolute atomic E-state index is 5.92. The van der Waals surface area contributed by atoms with E-state index in [1.54, 1.807) is 4.68 Å². The van der Waals surface area contributed by atoms with Gasteiger partial charge in [0.15, 0.2) is 5.82 Å². The molecule has 0 aliphatic heterocycles. The van der Waals surface area contributed by atoms with E-state index >= 15 is 0 Å². The second kappa shape index (κ2) is 5.95. The van der Waals surface area contributed by atoms with Gasteiger partial charge < -0.3 is 5.73 Å². The van der Waals surface area contributed by atoms with Gasteiger partial charge in [-0.15, -0.1) is 5.10 Å². The summed E-state index contributed by atoms with van der Waals surface area (Å²) in [6, 6.07) is 13.7. The van der Waals surface area contributed by atoms with Crippen LogP contribution < -0.4 is 5.73 Å². The smallest absolute Gasteiger partial charge is 0.183 e. The van der Waals surface area contributed by atoms with Crippen LogP contribution in [-0.4, -0.2) is 20.2 Å². The van der Waals surface area contributed by atoms with E-state index in [-0.39, 0.29) is 0 Å². The van der Waals surface area contributed by atoms with Crippen molar-refractivity contribution in [3.05, 3.63) is 57.0 Å². The van der Waals surface area contributed by atoms with Crippen LogP contribution in [0.15, 0.2) is 51.4 Å². The van der Waals surface area contributed by atoms with Crippen LogP contribution in [0.1, 0.15) is 5.56 Å². The number of hydrogen-bond donors (Lipinski definition) is 1. The lowest BCUT2D eigenvalue weighted by molar-refractivity contribution is 0.653. The maximum Gasteiger partial charge on any atom is 0.183 e. The molecule has 0 unspecified atom stereocenters. The molecule has 5 nitrogen and oxygen atoms in total. The lowest BCUT2D eigenvalue weighted by Crippen LogP contribution is -2.05. The average molecular weight is 409 g/mol. The molecule has 2 N–H and O–H groups in total. The summed E-state index contributed by atoms with van der Waals surface area (Å²) >= 11 is 6.92. The highest BCUT2D eigenvalue weighted by Crippen LogP contribution is 2.31. The molecule has 0 spiro atoms. The fourth-order valence-electron chi connectivity index (χ4n) is 1.99. The van der Waals surface area contributed by atoms with E-state index in [1.807, 2.05) is 42.5 Å². The fourth-order valence-corrected chi connectivity index (χ4v) is 2.70. The zero-order valence-electron chi connectivity index (χ0n) is 10.9. The first kappa shape index (κ1) is 14.2. The van der Waals surface area contributed by atoms with Gasteiger partial charge in [0.2, 0.25) is 0 Å². The molecular formula is C14H11Br2N5. The highest BCUT2D eigenvalue weighted by Gasteiger charge is 2.13. The molecule has 21 heavy (non-hydrogen) atoms. The molecule has 1 heterocycles. The van der Waals surface area contributed by atoms with Gasteiger partial charge in [-0.05, 0) is 56.2 Å². The molecule has 0 saturated heterocycles. The van der Waals surface area contributed by atoms with Gasteiger partial charge in [0, 0.05) is 15.7 Å². The zero-order valence-corrected chi connectivity index (χ0v) is 14.0. The lowest BCUT2D eigenvalue weighted by Gasteiger charge is -2.08. The molecule has 0 saturated carbocycles. The van der Waals surface area contributed by atoms with Gasteiger partial charge in [0.1, 0.15) is 0 Å². The normalized spacial score (nSPS) is 10.8. The first-order chi connectivity index (χ1) is 10.1. The predicted molar refractivity (Wildman–Crippen MR) is 88.6 cm³/mol. The topological polar surface area (TPSA) is 69.6 Å². The van der Waals surface area contributed by atoms with Crippen molar-refractivity contribution < 1.29 is 0 Å². The molecule has 0 aliphatic carbocycles. The number of halogens is 2. The number of rotatable bonds is 3. The Balaban J connectivity index is 1.97. The van der Waals surface area contributed by atoms with Crippen LogP contribution in [-0.2, 0) is 6.54 Å². The largest absolute Gasteiger partial charge is 0.398 e. The summed E-state index contributed by atoms with van der Waals surface area (Å²) < 4.78 is 3.60. The number of aromatic nitrogens is 4. The fraction of sp³-hybridized carbons (Fsp3) is 0.0714. The minimum atomic E-state index is 0.594. The number of hydrogen-bond acceptors (Lipinski definition) is 4. The second-order valence-electron chi connectivity index (χ2n) is 4.50. The van der Waals surface area contributed by atoms with Crippen molar-refractivity contribution in [1.29, 1.82) is 0 Å². The van der Waals surface area contributed by atoms with Crippen LogP contribution in [0.2, 0.25) is 0 Å².